The van der Waals surface area contributed by atoms with Crippen LogP contribution in [0.15, 0.2) is 48.7 Å². The van der Waals surface area contributed by atoms with Gasteiger partial charge in [-0.3, -0.25) is 4.98 Å². The van der Waals surface area contributed by atoms with Gasteiger partial charge in [-0.1, -0.05) is 12.1 Å². The van der Waals surface area contributed by atoms with Crippen molar-refractivity contribution in [2.75, 3.05) is 0 Å². The predicted molar refractivity (Wildman–Crippen MR) is 127 cm³/mol. The first kappa shape index (κ1) is 20.6. The van der Waals surface area contributed by atoms with E-state index < -0.39 is 0 Å². The quantitative estimate of drug-likeness (QED) is 0.568. The highest BCUT2D eigenvalue weighted by molar-refractivity contribution is 7.80. The molecule has 5 heteroatoms. The molecule has 2 aromatic heterocycles. The van der Waals surface area contributed by atoms with Crippen molar-refractivity contribution < 1.29 is 0 Å². The monoisotopic (exact) mass is 418 g/mol. The maximum absolute atomic E-state index is 5.76. The Labute approximate surface area is 184 Å². The second-order valence-electron chi connectivity index (χ2n) is 8.64. The van der Waals surface area contributed by atoms with Gasteiger partial charge in [-0.15, -0.1) is 0 Å². The number of rotatable bonds is 4. The number of aryl methyl sites for hydroxylation is 3. The van der Waals surface area contributed by atoms with Crippen LogP contribution in [0.25, 0.3) is 5.69 Å². The van der Waals surface area contributed by atoms with E-state index in [0.717, 1.165) is 10.8 Å². The summed E-state index contributed by atoms with van der Waals surface area (Å²) in [5.74, 6) is 0. The molecule has 1 saturated heterocycles. The van der Waals surface area contributed by atoms with Crippen molar-refractivity contribution >= 4 is 17.3 Å². The van der Waals surface area contributed by atoms with Gasteiger partial charge in [0.05, 0.1) is 17.8 Å². The van der Waals surface area contributed by atoms with E-state index in [-0.39, 0.29) is 18.1 Å². The highest BCUT2D eigenvalue weighted by atomic mass is 32.1. The molecule has 4 nitrogen and oxygen atoms in total. The Hall–Kier alpha value is -2.66. The van der Waals surface area contributed by atoms with Gasteiger partial charge in [0.15, 0.2) is 5.11 Å². The van der Waals surface area contributed by atoms with Gasteiger partial charge in [-0.05, 0) is 101 Å². The normalized spacial score (nSPS) is 18.9. The Morgan fingerprint density at radius 2 is 1.70 bits per heavy atom. The van der Waals surface area contributed by atoms with Crippen LogP contribution in [0.1, 0.15) is 59.7 Å². The van der Waals surface area contributed by atoms with Crippen LogP contribution in [0.2, 0.25) is 0 Å². The Kier molecular flexibility index (Phi) is 5.41. The molecule has 0 saturated carbocycles. The molecule has 3 heterocycles. The van der Waals surface area contributed by atoms with Crippen LogP contribution in [0.4, 0.5) is 0 Å². The van der Waals surface area contributed by atoms with E-state index in [1.54, 1.807) is 0 Å². The zero-order valence-electron chi connectivity index (χ0n) is 18.6. The van der Waals surface area contributed by atoms with Gasteiger partial charge in [0.2, 0.25) is 0 Å². The van der Waals surface area contributed by atoms with Gasteiger partial charge >= 0.3 is 0 Å². The summed E-state index contributed by atoms with van der Waals surface area (Å²) in [6, 6.07) is 15.5. The summed E-state index contributed by atoms with van der Waals surface area (Å²) >= 11 is 5.76. The smallest absolute Gasteiger partial charge is 0.170 e. The minimum atomic E-state index is 0.0225. The fourth-order valence-corrected chi connectivity index (χ4v) is 5.27. The van der Waals surface area contributed by atoms with E-state index in [1.807, 2.05) is 18.3 Å². The van der Waals surface area contributed by atoms with Crippen molar-refractivity contribution in [2.24, 2.45) is 0 Å². The van der Waals surface area contributed by atoms with Gasteiger partial charge in [0.25, 0.3) is 0 Å². The van der Waals surface area contributed by atoms with Gasteiger partial charge in [0.1, 0.15) is 0 Å². The zero-order chi connectivity index (χ0) is 21.6. The number of benzene rings is 1. The molecule has 0 amide bonds. The molecular formula is C25H30N4S. The standard InChI is InChI=1S/C25H30N4S/c1-15(2)28-24(23(27-25(28)30)22-9-7-8-10-26-22)21-14-18(5)29(19(21)6)20-12-16(3)11-17(4)13-20/h7-15,23-24H,1-6H3,(H,27,30). The highest BCUT2D eigenvalue weighted by Crippen LogP contribution is 2.42. The van der Waals surface area contributed by atoms with E-state index in [1.165, 1.54) is 33.8 Å². The first-order valence-corrected chi connectivity index (χ1v) is 11.0. The number of hydrogen-bond donors (Lipinski definition) is 1. The number of aromatic nitrogens is 2. The third kappa shape index (κ3) is 3.52. The zero-order valence-corrected chi connectivity index (χ0v) is 19.4. The van der Waals surface area contributed by atoms with E-state index in [2.05, 4.69) is 91.6 Å². The maximum atomic E-state index is 5.76. The molecule has 4 rings (SSSR count). The van der Waals surface area contributed by atoms with Gasteiger partial charge in [-0.25, -0.2) is 0 Å². The fraction of sp³-hybridized carbons (Fsp3) is 0.360. The van der Waals surface area contributed by atoms with E-state index in [4.69, 9.17) is 12.2 Å². The van der Waals surface area contributed by atoms with E-state index in [0.29, 0.717) is 0 Å². The summed E-state index contributed by atoms with van der Waals surface area (Å²) in [6.45, 7) is 13.1. The fourth-order valence-electron chi connectivity index (χ4n) is 4.82. The second-order valence-corrected chi connectivity index (χ2v) is 9.02. The lowest BCUT2D eigenvalue weighted by molar-refractivity contribution is 0.269. The molecule has 30 heavy (non-hydrogen) atoms. The van der Waals surface area contributed by atoms with Crippen LogP contribution >= 0.6 is 12.2 Å². The Bertz CT molecular complexity index is 1060. The topological polar surface area (TPSA) is 33.1 Å². The first-order valence-electron chi connectivity index (χ1n) is 10.5. The van der Waals surface area contributed by atoms with Crippen LogP contribution < -0.4 is 5.32 Å². The summed E-state index contributed by atoms with van der Waals surface area (Å²) in [7, 11) is 0. The van der Waals surface area contributed by atoms with E-state index >= 15 is 0 Å². The lowest BCUT2D eigenvalue weighted by atomic mass is 9.96. The third-order valence-electron chi connectivity index (χ3n) is 5.95. The minimum absolute atomic E-state index is 0.0225. The van der Waals surface area contributed by atoms with Crippen molar-refractivity contribution in [2.45, 2.75) is 59.7 Å². The molecule has 2 atom stereocenters. The van der Waals surface area contributed by atoms with Crippen LogP contribution in [0.3, 0.4) is 0 Å². The average Bonchev–Trinajstić information content (AvgIpc) is 3.17. The molecule has 0 bridgehead atoms. The highest BCUT2D eigenvalue weighted by Gasteiger charge is 2.42. The largest absolute Gasteiger partial charge is 0.352 e. The molecule has 1 fully saturated rings. The average molecular weight is 419 g/mol. The van der Waals surface area contributed by atoms with Gasteiger partial charge in [0, 0.05) is 29.3 Å². The number of nitrogens with zero attached hydrogens (tertiary/aromatic N) is 3. The van der Waals surface area contributed by atoms with Crippen molar-refractivity contribution in [3.05, 3.63) is 82.4 Å². The molecule has 1 N–H and O–H groups in total. The van der Waals surface area contributed by atoms with Crippen LogP contribution in [0, 0.1) is 27.7 Å². The van der Waals surface area contributed by atoms with Crippen molar-refractivity contribution in [1.82, 2.24) is 19.8 Å². The summed E-state index contributed by atoms with van der Waals surface area (Å²) in [6.07, 6.45) is 1.86. The molecule has 3 aromatic rings. The molecule has 0 spiro atoms. The number of pyridine rings is 1. The van der Waals surface area contributed by atoms with Crippen LogP contribution in [-0.4, -0.2) is 25.6 Å². The summed E-state index contributed by atoms with van der Waals surface area (Å²) in [5, 5.41) is 4.34. The first-order chi connectivity index (χ1) is 14.3. The maximum Gasteiger partial charge on any atom is 0.170 e. The molecule has 2 unspecified atom stereocenters. The van der Waals surface area contributed by atoms with Gasteiger partial charge in [-0.2, -0.15) is 0 Å². The van der Waals surface area contributed by atoms with Crippen molar-refractivity contribution in [3.8, 4) is 5.69 Å². The molecule has 156 valence electrons. The minimum Gasteiger partial charge on any atom is -0.352 e. The summed E-state index contributed by atoms with van der Waals surface area (Å²) in [5.41, 5.74) is 8.56. The van der Waals surface area contributed by atoms with Crippen LogP contribution in [-0.2, 0) is 0 Å². The lowest BCUT2D eigenvalue weighted by Crippen LogP contribution is -2.35. The molecule has 1 aliphatic rings. The summed E-state index contributed by atoms with van der Waals surface area (Å²) in [4.78, 5) is 6.97. The Balaban J connectivity index is 1.87. The lowest BCUT2D eigenvalue weighted by Gasteiger charge is -2.31. The summed E-state index contributed by atoms with van der Waals surface area (Å²) < 4.78 is 2.37. The third-order valence-corrected chi connectivity index (χ3v) is 6.27. The second kappa shape index (κ2) is 7.88. The Morgan fingerprint density at radius 1 is 1.00 bits per heavy atom. The van der Waals surface area contributed by atoms with Crippen molar-refractivity contribution in [1.29, 1.82) is 0 Å². The SMILES string of the molecule is Cc1cc(C)cc(-n2c(C)cc(C3C(c4ccccn4)NC(=S)N3C(C)C)c2C)c1. The van der Waals surface area contributed by atoms with Crippen LogP contribution in [0.5, 0.6) is 0 Å². The predicted octanol–water partition coefficient (Wildman–Crippen LogP) is 5.49. The van der Waals surface area contributed by atoms with Gasteiger partial charge < -0.3 is 14.8 Å². The molecule has 1 aliphatic heterocycles. The number of thiocarbonyl (C=S) groups is 1. The molecule has 0 aliphatic carbocycles. The van der Waals surface area contributed by atoms with E-state index in [9.17, 15) is 0 Å². The van der Waals surface area contributed by atoms with Crippen molar-refractivity contribution in [3.63, 3.8) is 0 Å². The molecular weight excluding hydrogens is 388 g/mol. The Morgan fingerprint density at radius 3 is 2.30 bits per heavy atom. The molecule has 0 radical (unpaired) electrons. The molecule has 1 aromatic carbocycles. The number of nitrogens with one attached hydrogen (secondary N) is 1. The number of hydrogen-bond acceptors (Lipinski definition) is 2.